The second-order valence-corrected chi connectivity index (χ2v) is 6.08. The first-order valence-corrected chi connectivity index (χ1v) is 8.60. The van der Waals surface area contributed by atoms with Crippen LogP contribution in [0.3, 0.4) is 0 Å². The Morgan fingerprint density at radius 2 is 1.88 bits per heavy atom. The summed E-state index contributed by atoms with van der Waals surface area (Å²) in [6, 6.07) is 11.4. The first-order valence-electron chi connectivity index (χ1n) is 8.60. The number of pyridine rings is 1. The highest BCUT2D eigenvalue weighted by molar-refractivity contribution is 6.05. The SMILES string of the molecule is CCOc1ncccc1C(=O)Nc1ccc(N2CCN(C)CC2)cc1. The van der Waals surface area contributed by atoms with Crippen molar-refractivity contribution in [3.8, 4) is 5.88 Å². The van der Waals surface area contributed by atoms with Crippen LogP contribution < -0.4 is 15.0 Å². The number of carbonyl (C=O) groups is 1. The van der Waals surface area contributed by atoms with Gasteiger partial charge in [-0.05, 0) is 50.4 Å². The first-order chi connectivity index (χ1) is 12.2. The summed E-state index contributed by atoms with van der Waals surface area (Å²) in [5, 5.41) is 2.91. The maximum Gasteiger partial charge on any atom is 0.261 e. The third-order valence-electron chi connectivity index (χ3n) is 4.29. The molecule has 1 amide bonds. The van der Waals surface area contributed by atoms with E-state index < -0.39 is 0 Å². The van der Waals surface area contributed by atoms with Gasteiger partial charge < -0.3 is 19.9 Å². The van der Waals surface area contributed by atoms with Gasteiger partial charge in [0.1, 0.15) is 5.56 Å². The molecular weight excluding hydrogens is 316 g/mol. The molecule has 1 aromatic carbocycles. The predicted molar refractivity (Wildman–Crippen MR) is 99.5 cm³/mol. The minimum Gasteiger partial charge on any atom is -0.477 e. The standard InChI is InChI=1S/C19H24N4O2/c1-3-25-19-17(5-4-10-20-19)18(24)21-15-6-8-16(9-7-15)23-13-11-22(2)12-14-23/h4-10H,3,11-14H2,1-2H3,(H,21,24). The molecule has 0 spiro atoms. The molecule has 1 N–H and O–H groups in total. The van der Waals surface area contributed by atoms with E-state index in [4.69, 9.17) is 4.74 Å². The second kappa shape index (κ2) is 7.98. The number of ether oxygens (including phenoxy) is 1. The number of amides is 1. The van der Waals surface area contributed by atoms with Gasteiger partial charge in [-0.1, -0.05) is 0 Å². The van der Waals surface area contributed by atoms with Gasteiger partial charge in [-0.15, -0.1) is 0 Å². The number of likely N-dealkylation sites (N-methyl/N-ethyl adjacent to an activating group) is 1. The Morgan fingerprint density at radius 1 is 1.16 bits per heavy atom. The molecule has 1 saturated heterocycles. The fourth-order valence-corrected chi connectivity index (χ4v) is 2.83. The fourth-order valence-electron chi connectivity index (χ4n) is 2.83. The zero-order valence-electron chi connectivity index (χ0n) is 14.7. The van der Waals surface area contributed by atoms with Crippen LogP contribution in [0.5, 0.6) is 5.88 Å². The van der Waals surface area contributed by atoms with Gasteiger partial charge in [-0.2, -0.15) is 0 Å². The monoisotopic (exact) mass is 340 g/mol. The highest BCUT2D eigenvalue weighted by atomic mass is 16.5. The van der Waals surface area contributed by atoms with Gasteiger partial charge in [0.05, 0.1) is 6.61 Å². The molecule has 0 saturated carbocycles. The Hall–Kier alpha value is -2.60. The Bertz CT molecular complexity index is 710. The van der Waals surface area contributed by atoms with E-state index in [1.54, 1.807) is 18.3 Å². The number of anilines is 2. The van der Waals surface area contributed by atoms with Gasteiger partial charge in [0, 0.05) is 43.8 Å². The van der Waals surface area contributed by atoms with Gasteiger partial charge in [0.15, 0.2) is 0 Å². The van der Waals surface area contributed by atoms with Crippen LogP contribution in [-0.4, -0.2) is 55.6 Å². The number of hydrogen-bond acceptors (Lipinski definition) is 5. The Labute approximate surface area is 148 Å². The van der Waals surface area contributed by atoms with E-state index >= 15 is 0 Å². The average Bonchev–Trinajstić information content (AvgIpc) is 2.64. The molecule has 6 nitrogen and oxygen atoms in total. The van der Waals surface area contributed by atoms with Gasteiger partial charge in [-0.3, -0.25) is 4.79 Å². The molecule has 0 radical (unpaired) electrons. The van der Waals surface area contributed by atoms with Crippen molar-refractivity contribution >= 4 is 17.3 Å². The number of rotatable bonds is 5. The molecule has 3 rings (SSSR count). The van der Waals surface area contributed by atoms with Crippen molar-refractivity contribution in [3.05, 3.63) is 48.2 Å². The van der Waals surface area contributed by atoms with Gasteiger partial charge >= 0.3 is 0 Å². The van der Waals surface area contributed by atoms with E-state index in [1.165, 1.54) is 5.69 Å². The van der Waals surface area contributed by atoms with E-state index in [2.05, 4.69) is 27.1 Å². The highest BCUT2D eigenvalue weighted by Crippen LogP contribution is 2.21. The zero-order valence-corrected chi connectivity index (χ0v) is 14.7. The van der Waals surface area contributed by atoms with Crippen molar-refractivity contribution in [2.24, 2.45) is 0 Å². The normalized spacial score (nSPS) is 15.0. The van der Waals surface area contributed by atoms with Gasteiger partial charge in [0.25, 0.3) is 5.91 Å². The largest absolute Gasteiger partial charge is 0.477 e. The lowest BCUT2D eigenvalue weighted by Gasteiger charge is -2.34. The van der Waals surface area contributed by atoms with Crippen molar-refractivity contribution in [3.63, 3.8) is 0 Å². The topological polar surface area (TPSA) is 57.7 Å². The molecule has 1 aliphatic heterocycles. The lowest BCUT2D eigenvalue weighted by molar-refractivity contribution is 0.102. The molecule has 0 bridgehead atoms. The molecule has 1 fully saturated rings. The van der Waals surface area contributed by atoms with Crippen LogP contribution in [-0.2, 0) is 0 Å². The summed E-state index contributed by atoms with van der Waals surface area (Å²) in [5.74, 6) is 0.139. The average molecular weight is 340 g/mol. The van der Waals surface area contributed by atoms with E-state index in [0.29, 0.717) is 18.1 Å². The lowest BCUT2D eigenvalue weighted by Crippen LogP contribution is -2.44. The molecule has 6 heteroatoms. The summed E-state index contributed by atoms with van der Waals surface area (Å²) >= 11 is 0. The van der Waals surface area contributed by atoms with Gasteiger partial charge in [0.2, 0.25) is 5.88 Å². The fraction of sp³-hybridized carbons (Fsp3) is 0.368. The number of piperazine rings is 1. The van der Waals surface area contributed by atoms with Crippen LogP contribution >= 0.6 is 0 Å². The molecule has 1 aliphatic rings. The zero-order chi connectivity index (χ0) is 17.6. The van der Waals surface area contributed by atoms with Crippen molar-refractivity contribution < 1.29 is 9.53 Å². The van der Waals surface area contributed by atoms with E-state index in [9.17, 15) is 4.79 Å². The Morgan fingerprint density at radius 3 is 2.56 bits per heavy atom. The van der Waals surface area contributed by atoms with Crippen LogP contribution in [0.25, 0.3) is 0 Å². The number of carbonyl (C=O) groups excluding carboxylic acids is 1. The van der Waals surface area contributed by atoms with Crippen LogP contribution in [0, 0.1) is 0 Å². The summed E-state index contributed by atoms with van der Waals surface area (Å²) < 4.78 is 5.42. The molecule has 1 aromatic heterocycles. The Balaban J connectivity index is 1.66. The minimum absolute atomic E-state index is 0.219. The second-order valence-electron chi connectivity index (χ2n) is 6.08. The Kier molecular flexibility index (Phi) is 5.50. The molecule has 0 aliphatic carbocycles. The molecule has 2 heterocycles. The summed E-state index contributed by atoms with van der Waals surface area (Å²) in [4.78, 5) is 21.3. The third-order valence-corrected chi connectivity index (χ3v) is 4.29. The maximum absolute atomic E-state index is 12.5. The van der Waals surface area contributed by atoms with Crippen molar-refractivity contribution in [2.75, 3.05) is 50.1 Å². The number of nitrogens with one attached hydrogen (secondary N) is 1. The molecule has 2 aromatic rings. The number of aromatic nitrogens is 1. The predicted octanol–water partition coefficient (Wildman–Crippen LogP) is 2.48. The smallest absolute Gasteiger partial charge is 0.261 e. The molecule has 0 unspecified atom stereocenters. The van der Waals surface area contributed by atoms with Crippen molar-refractivity contribution in [2.45, 2.75) is 6.92 Å². The van der Waals surface area contributed by atoms with Crippen LogP contribution in [0.1, 0.15) is 17.3 Å². The number of benzene rings is 1. The van der Waals surface area contributed by atoms with Crippen LogP contribution in [0.2, 0.25) is 0 Å². The van der Waals surface area contributed by atoms with E-state index in [-0.39, 0.29) is 5.91 Å². The summed E-state index contributed by atoms with van der Waals surface area (Å²) in [5.41, 5.74) is 2.38. The summed E-state index contributed by atoms with van der Waals surface area (Å²) in [6.07, 6.45) is 1.62. The molecule has 132 valence electrons. The van der Waals surface area contributed by atoms with Crippen LogP contribution in [0.4, 0.5) is 11.4 Å². The van der Waals surface area contributed by atoms with Crippen LogP contribution in [0.15, 0.2) is 42.6 Å². The number of hydrogen-bond donors (Lipinski definition) is 1. The third kappa shape index (κ3) is 4.28. The highest BCUT2D eigenvalue weighted by Gasteiger charge is 2.15. The lowest BCUT2D eigenvalue weighted by atomic mass is 10.2. The molecule has 0 atom stereocenters. The minimum atomic E-state index is -0.219. The number of nitrogens with zero attached hydrogens (tertiary/aromatic N) is 3. The quantitative estimate of drug-likeness (QED) is 0.906. The molecule has 25 heavy (non-hydrogen) atoms. The van der Waals surface area contributed by atoms with Crippen molar-refractivity contribution in [1.29, 1.82) is 0 Å². The molecular formula is C19H24N4O2. The summed E-state index contributed by atoms with van der Waals surface area (Å²) in [7, 11) is 2.14. The first kappa shape index (κ1) is 17.2. The van der Waals surface area contributed by atoms with E-state index in [1.807, 2.05) is 31.2 Å². The maximum atomic E-state index is 12.5. The van der Waals surface area contributed by atoms with E-state index in [0.717, 1.165) is 31.9 Å². The van der Waals surface area contributed by atoms with Gasteiger partial charge in [-0.25, -0.2) is 4.98 Å². The summed E-state index contributed by atoms with van der Waals surface area (Å²) in [6.45, 7) is 6.52. The van der Waals surface area contributed by atoms with Crippen molar-refractivity contribution in [1.82, 2.24) is 9.88 Å².